The van der Waals surface area contributed by atoms with Gasteiger partial charge in [0.1, 0.15) is 5.56 Å². The summed E-state index contributed by atoms with van der Waals surface area (Å²) < 4.78 is 1.23. The minimum Gasteiger partial charge on any atom is -0.348 e. The van der Waals surface area contributed by atoms with Crippen molar-refractivity contribution in [3.63, 3.8) is 0 Å². The van der Waals surface area contributed by atoms with E-state index >= 15 is 0 Å². The molecule has 1 N–H and O–H groups in total. The van der Waals surface area contributed by atoms with E-state index in [2.05, 4.69) is 27.2 Å². The average molecular weight is 418 g/mol. The second kappa shape index (κ2) is 7.89. The van der Waals surface area contributed by atoms with Crippen LogP contribution in [0.4, 0.5) is 5.13 Å². The molecule has 1 fully saturated rings. The largest absolute Gasteiger partial charge is 0.348 e. The average Bonchev–Trinajstić information content (AvgIpc) is 3.13. The predicted octanol–water partition coefficient (Wildman–Crippen LogP) is 2.97. The van der Waals surface area contributed by atoms with Gasteiger partial charge in [0, 0.05) is 30.9 Å². The van der Waals surface area contributed by atoms with Gasteiger partial charge >= 0.3 is 0 Å². The lowest BCUT2D eigenvalue weighted by Gasteiger charge is -2.30. The number of halogens is 1. The van der Waals surface area contributed by atoms with Crippen molar-refractivity contribution in [2.45, 2.75) is 26.3 Å². The van der Waals surface area contributed by atoms with Crippen LogP contribution in [-0.4, -0.2) is 33.6 Å². The molecule has 2 aromatic heterocycles. The first-order chi connectivity index (χ1) is 13.5. The summed E-state index contributed by atoms with van der Waals surface area (Å²) in [4.78, 5) is 32.2. The number of nitrogens with zero attached hydrogens (tertiary/aromatic N) is 4. The molecule has 4 rings (SSSR count). The first-order valence-electron chi connectivity index (χ1n) is 9.18. The highest BCUT2D eigenvalue weighted by Crippen LogP contribution is 2.26. The Balaban J connectivity index is 1.54. The molecule has 1 amide bonds. The number of piperidine rings is 1. The van der Waals surface area contributed by atoms with Crippen molar-refractivity contribution in [1.29, 1.82) is 0 Å². The number of aromatic nitrogens is 3. The molecule has 1 aliphatic rings. The standard InChI is InChI=1S/C19H20ClN5O2S/c1-12-3-2-8-24(11-12)19-23-25-17(27)15(10-22-18(25)28-19)16(26)21-9-13-4-6-14(20)7-5-13/h4-7,10,12H,2-3,8-9,11H2,1H3,(H,21,26). The van der Waals surface area contributed by atoms with Gasteiger partial charge in [0.2, 0.25) is 10.1 Å². The summed E-state index contributed by atoms with van der Waals surface area (Å²) in [6.07, 6.45) is 3.64. The van der Waals surface area contributed by atoms with Crippen molar-refractivity contribution < 1.29 is 4.79 Å². The summed E-state index contributed by atoms with van der Waals surface area (Å²) in [6, 6.07) is 7.15. The molecule has 1 aromatic carbocycles. The van der Waals surface area contributed by atoms with E-state index in [-0.39, 0.29) is 5.56 Å². The first kappa shape index (κ1) is 18.9. The third-order valence-corrected chi connectivity index (χ3v) is 6.05. The van der Waals surface area contributed by atoms with Crippen LogP contribution in [0.2, 0.25) is 5.02 Å². The summed E-state index contributed by atoms with van der Waals surface area (Å²) in [6.45, 7) is 4.36. The molecule has 28 heavy (non-hydrogen) atoms. The quantitative estimate of drug-likeness (QED) is 0.705. The highest BCUT2D eigenvalue weighted by atomic mass is 35.5. The second-order valence-electron chi connectivity index (χ2n) is 7.06. The summed E-state index contributed by atoms with van der Waals surface area (Å²) in [5.74, 6) is 0.127. The topological polar surface area (TPSA) is 79.6 Å². The number of hydrogen-bond acceptors (Lipinski definition) is 6. The predicted molar refractivity (Wildman–Crippen MR) is 110 cm³/mol. The smallest absolute Gasteiger partial charge is 0.288 e. The fraction of sp³-hybridized carbons (Fsp3) is 0.368. The van der Waals surface area contributed by atoms with E-state index in [4.69, 9.17) is 11.6 Å². The Morgan fingerprint density at radius 2 is 2.14 bits per heavy atom. The zero-order chi connectivity index (χ0) is 19.7. The number of amides is 1. The van der Waals surface area contributed by atoms with Crippen molar-refractivity contribution in [3.8, 4) is 0 Å². The minimum absolute atomic E-state index is 0.0182. The Kier molecular flexibility index (Phi) is 5.32. The first-order valence-corrected chi connectivity index (χ1v) is 10.4. The van der Waals surface area contributed by atoms with E-state index < -0.39 is 11.5 Å². The van der Waals surface area contributed by atoms with Crippen molar-refractivity contribution in [3.05, 3.63) is 57.0 Å². The molecule has 3 aromatic rings. The van der Waals surface area contributed by atoms with Crippen LogP contribution in [0.3, 0.4) is 0 Å². The molecule has 0 aliphatic carbocycles. The molecule has 0 saturated carbocycles. The molecule has 0 spiro atoms. The van der Waals surface area contributed by atoms with Gasteiger partial charge < -0.3 is 10.2 Å². The third-order valence-electron chi connectivity index (χ3n) is 4.81. The van der Waals surface area contributed by atoms with E-state index in [0.29, 0.717) is 22.4 Å². The van der Waals surface area contributed by atoms with Gasteiger partial charge in [-0.25, -0.2) is 4.98 Å². The minimum atomic E-state index is -0.469. The zero-order valence-electron chi connectivity index (χ0n) is 15.4. The van der Waals surface area contributed by atoms with Gasteiger partial charge in [0.25, 0.3) is 11.5 Å². The maximum absolute atomic E-state index is 12.8. The van der Waals surface area contributed by atoms with Gasteiger partial charge in [-0.15, -0.1) is 5.10 Å². The summed E-state index contributed by atoms with van der Waals surface area (Å²) in [5, 5.41) is 8.58. The summed E-state index contributed by atoms with van der Waals surface area (Å²) in [7, 11) is 0. The number of carbonyl (C=O) groups is 1. The molecule has 0 bridgehead atoms. The molecule has 3 heterocycles. The number of anilines is 1. The number of nitrogens with one attached hydrogen (secondary N) is 1. The number of carbonyl (C=O) groups excluding carboxylic acids is 1. The van der Waals surface area contributed by atoms with Crippen molar-refractivity contribution in [2.24, 2.45) is 5.92 Å². The van der Waals surface area contributed by atoms with Crippen LogP contribution in [0.5, 0.6) is 0 Å². The van der Waals surface area contributed by atoms with Crippen LogP contribution in [0.1, 0.15) is 35.7 Å². The Bertz CT molecular complexity index is 1060. The zero-order valence-corrected chi connectivity index (χ0v) is 17.0. The monoisotopic (exact) mass is 417 g/mol. The Morgan fingerprint density at radius 1 is 1.36 bits per heavy atom. The lowest BCUT2D eigenvalue weighted by atomic mass is 10.0. The van der Waals surface area contributed by atoms with Gasteiger partial charge in [-0.2, -0.15) is 4.52 Å². The molecule has 0 radical (unpaired) electrons. The lowest BCUT2D eigenvalue weighted by Crippen LogP contribution is -2.34. The molecular weight excluding hydrogens is 398 g/mol. The van der Waals surface area contributed by atoms with E-state index in [1.54, 1.807) is 12.1 Å². The Hall–Kier alpha value is -2.45. The molecule has 1 unspecified atom stereocenters. The van der Waals surface area contributed by atoms with Gasteiger partial charge in [0.15, 0.2) is 0 Å². The molecule has 146 valence electrons. The van der Waals surface area contributed by atoms with Crippen LogP contribution < -0.4 is 15.8 Å². The van der Waals surface area contributed by atoms with Crippen molar-refractivity contribution >= 4 is 38.9 Å². The number of rotatable bonds is 4. The Morgan fingerprint density at radius 3 is 2.89 bits per heavy atom. The van der Waals surface area contributed by atoms with Gasteiger partial charge in [-0.3, -0.25) is 9.59 Å². The van der Waals surface area contributed by atoms with Gasteiger partial charge in [0.05, 0.1) is 0 Å². The maximum Gasteiger partial charge on any atom is 0.288 e. The lowest BCUT2D eigenvalue weighted by molar-refractivity contribution is 0.0948. The summed E-state index contributed by atoms with van der Waals surface area (Å²) in [5.41, 5.74) is 0.420. The molecule has 9 heteroatoms. The number of fused-ring (bicyclic) bond motifs is 1. The van der Waals surface area contributed by atoms with Gasteiger partial charge in [-0.05, 0) is 36.5 Å². The van der Waals surface area contributed by atoms with Crippen molar-refractivity contribution in [2.75, 3.05) is 18.0 Å². The highest BCUT2D eigenvalue weighted by molar-refractivity contribution is 7.20. The Labute approximate surface area is 171 Å². The molecule has 1 saturated heterocycles. The van der Waals surface area contributed by atoms with Gasteiger partial charge in [-0.1, -0.05) is 42.0 Å². The van der Waals surface area contributed by atoms with E-state index in [1.807, 2.05) is 12.1 Å². The highest BCUT2D eigenvalue weighted by Gasteiger charge is 2.22. The van der Waals surface area contributed by atoms with E-state index in [1.165, 1.54) is 28.5 Å². The normalized spacial score (nSPS) is 17.1. The number of benzene rings is 1. The maximum atomic E-state index is 12.8. The molecule has 1 aliphatic heterocycles. The van der Waals surface area contributed by atoms with Crippen LogP contribution in [-0.2, 0) is 6.54 Å². The SMILES string of the molecule is CC1CCCN(c2nn3c(=O)c(C(=O)NCc4ccc(Cl)cc4)cnc3s2)C1. The fourth-order valence-corrected chi connectivity index (χ4v) is 4.32. The number of hydrogen-bond donors (Lipinski definition) is 1. The molecule has 7 nitrogen and oxygen atoms in total. The molecule has 1 atom stereocenters. The fourth-order valence-electron chi connectivity index (χ4n) is 3.30. The van der Waals surface area contributed by atoms with Crippen LogP contribution in [0, 0.1) is 5.92 Å². The van der Waals surface area contributed by atoms with Crippen LogP contribution >= 0.6 is 22.9 Å². The van der Waals surface area contributed by atoms with E-state index in [9.17, 15) is 9.59 Å². The second-order valence-corrected chi connectivity index (χ2v) is 8.43. The molecular formula is C19H20ClN5O2S. The van der Waals surface area contributed by atoms with E-state index in [0.717, 1.165) is 30.2 Å². The van der Waals surface area contributed by atoms with Crippen LogP contribution in [0.15, 0.2) is 35.3 Å². The summed E-state index contributed by atoms with van der Waals surface area (Å²) >= 11 is 7.24. The van der Waals surface area contributed by atoms with Crippen molar-refractivity contribution in [1.82, 2.24) is 19.9 Å². The third kappa shape index (κ3) is 3.88. The van der Waals surface area contributed by atoms with Crippen LogP contribution in [0.25, 0.3) is 4.96 Å².